The summed E-state index contributed by atoms with van der Waals surface area (Å²) in [6, 6.07) is 15.6. The highest BCUT2D eigenvalue weighted by Gasteiger charge is 2.15. The van der Waals surface area contributed by atoms with Crippen LogP contribution in [0, 0.1) is 0 Å². The molecule has 0 aliphatic rings. The number of carbonyl (C=O) groups is 3. The molecule has 0 fully saturated rings. The number of methoxy groups -OCH3 is 1. The predicted molar refractivity (Wildman–Crippen MR) is 136 cm³/mol. The molecule has 2 amide bonds. The summed E-state index contributed by atoms with van der Waals surface area (Å²) in [5, 5.41) is 6.68. The van der Waals surface area contributed by atoms with E-state index in [-0.39, 0.29) is 22.2 Å². The van der Waals surface area contributed by atoms with Gasteiger partial charge in [-0.3, -0.25) is 9.59 Å². The predicted octanol–water partition coefficient (Wildman–Crippen LogP) is 4.71. The first-order chi connectivity index (χ1) is 17.3. The van der Waals surface area contributed by atoms with Crippen LogP contribution >= 0.6 is 23.2 Å². The van der Waals surface area contributed by atoms with Crippen molar-refractivity contribution in [3.05, 3.63) is 81.8 Å². The third-order valence-corrected chi connectivity index (χ3v) is 5.12. The van der Waals surface area contributed by atoms with Crippen LogP contribution in [-0.4, -0.2) is 37.7 Å². The number of rotatable bonds is 8. The molecular formula is C25H21Cl2N3O6. The highest BCUT2D eigenvalue weighted by molar-refractivity contribution is 6.42. The van der Waals surface area contributed by atoms with Crippen LogP contribution in [0.25, 0.3) is 0 Å². The van der Waals surface area contributed by atoms with E-state index in [2.05, 4.69) is 15.8 Å². The minimum absolute atomic E-state index is 0.188. The third-order valence-electron chi connectivity index (χ3n) is 4.55. The van der Waals surface area contributed by atoms with Gasteiger partial charge in [-0.1, -0.05) is 23.2 Å². The van der Waals surface area contributed by atoms with Crippen LogP contribution in [0.1, 0.15) is 22.8 Å². The van der Waals surface area contributed by atoms with Crippen LogP contribution in [0.4, 0.5) is 5.69 Å². The van der Waals surface area contributed by atoms with E-state index in [1.807, 2.05) is 6.92 Å². The number of benzene rings is 3. The van der Waals surface area contributed by atoms with Crippen molar-refractivity contribution in [2.24, 2.45) is 5.10 Å². The van der Waals surface area contributed by atoms with Gasteiger partial charge < -0.3 is 19.5 Å². The number of hydrazone groups is 1. The van der Waals surface area contributed by atoms with Gasteiger partial charge in [0.2, 0.25) is 0 Å². The summed E-state index contributed by atoms with van der Waals surface area (Å²) >= 11 is 11.8. The van der Waals surface area contributed by atoms with Gasteiger partial charge in [0.25, 0.3) is 0 Å². The van der Waals surface area contributed by atoms with Gasteiger partial charge in [0.05, 0.1) is 36.2 Å². The number of anilines is 1. The number of hydrogen-bond acceptors (Lipinski definition) is 7. The highest BCUT2D eigenvalue weighted by atomic mass is 35.5. The zero-order chi connectivity index (χ0) is 26.1. The minimum atomic E-state index is -1.02. The van der Waals surface area contributed by atoms with Crippen LogP contribution in [0.3, 0.4) is 0 Å². The zero-order valence-electron chi connectivity index (χ0n) is 19.2. The van der Waals surface area contributed by atoms with Gasteiger partial charge in [0, 0.05) is 5.02 Å². The Morgan fingerprint density at radius 3 is 2.39 bits per heavy atom. The number of esters is 1. The van der Waals surface area contributed by atoms with Gasteiger partial charge >= 0.3 is 17.8 Å². The lowest BCUT2D eigenvalue weighted by Crippen LogP contribution is -2.32. The Morgan fingerprint density at radius 1 is 0.944 bits per heavy atom. The molecule has 0 spiro atoms. The molecule has 3 aromatic rings. The minimum Gasteiger partial charge on any atom is -0.494 e. The molecule has 186 valence electrons. The van der Waals surface area contributed by atoms with E-state index in [0.29, 0.717) is 28.5 Å². The Kier molecular flexibility index (Phi) is 9.26. The van der Waals surface area contributed by atoms with Crippen molar-refractivity contribution < 1.29 is 28.6 Å². The second-order valence-electron chi connectivity index (χ2n) is 7.03. The molecule has 11 heteroatoms. The van der Waals surface area contributed by atoms with E-state index in [9.17, 15) is 14.4 Å². The Bertz CT molecular complexity index is 1300. The summed E-state index contributed by atoms with van der Waals surface area (Å²) in [6.07, 6.45) is 1.29. The van der Waals surface area contributed by atoms with Crippen molar-refractivity contribution >= 4 is 52.9 Å². The maximum atomic E-state index is 12.5. The Morgan fingerprint density at radius 2 is 1.69 bits per heavy atom. The van der Waals surface area contributed by atoms with Crippen LogP contribution in [0.15, 0.2) is 65.8 Å². The molecule has 0 radical (unpaired) electrons. The molecule has 3 aromatic carbocycles. The molecule has 0 heterocycles. The molecule has 36 heavy (non-hydrogen) atoms. The van der Waals surface area contributed by atoms with Gasteiger partial charge in [-0.15, -0.1) is 0 Å². The third kappa shape index (κ3) is 7.21. The lowest BCUT2D eigenvalue weighted by molar-refractivity contribution is -0.136. The van der Waals surface area contributed by atoms with Crippen molar-refractivity contribution in [3.63, 3.8) is 0 Å². The van der Waals surface area contributed by atoms with Crippen LogP contribution in [0.2, 0.25) is 10.0 Å². The van der Waals surface area contributed by atoms with Crippen molar-refractivity contribution in [1.29, 1.82) is 0 Å². The fraction of sp³-hybridized carbons (Fsp3) is 0.120. The molecule has 0 bridgehead atoms. The van der Waals surface area contributed by atoms with E-state index in [1.165, 1.54) is 31.5 Å². The topological polar surface area (TPSA) is 115 Å². The number of amides is 2. The van der Waals surface area contributed by atoms with Crippen molar-refractivity contribution in [2.75, 3.05) is 19.0 Å². The summed E-state index contributed by atoms with van der Waals surface area (Å²) in [4.78, 5) is 36.6. The van der Waals surface area contributed by atoms with Gasteiger partial charge in [0.15, 0.2) is 11.5 Å². The Hall–Kier alpha value is -4.08. The second kappa shape index (κ2) is 12.6. The average molecular weight is 530 g/mol. The lowest BCUT2D eigenvalue weighted by atomic mass is 10.2. The molecule has 0 unspecified atom stereocenters. The Labute approximate surface area is 216 Å². The SMILES string of the molecule is CCOc1ccc(C(=O)Oc2ccc(/C=N/NC(=O)C(=O)Nc3cc(Cl)ccc3Cl)cc2OC)cc1. The lowest BCUT2D eigenvalue weighted by Gasteiger charge is -2.10. The van der Waals surface area contributed by atoms with E-state index >= 15 is 0 Å². The van der Waals surface area contributed by atoms with Crippen molar-refractivity contribution in [2.45, 2.75) is 6.92 Å². The summed E-state index contributed by atoms with van der Waals surface area (Å²) in [6.45, 7) is 2.39. The summed E-state index contributed by atoms with van der Waals surface area (Å²) < 4.78 is 16.1. The molecule has 0 saturated carbocycles. The first kappa shape index (κ1) is 26.5. The van der Waals surface area contributed by atoms with Gasteiger partial charge in [0.1, 0.15) is 5.75 Å². The fourth-order valence-corrected chi connectivity index (χ4v) is 3.19. The van der Waals surface area contributed by atoms with Crippen LogP contribution in [0.5, 0.6) is 17.2 Å². The van der Waals surface area contributed by atoms with Gasteiger partial charge in [-0.05, 0) is 73.2 Å². The van der Waals surface area contributed by atoms with Crippen LogP contribution < -0.4 is 25.0 Å². The molecule has 0 aromatic heterocycles. The standard InChI is InChI=1S/C25H21Cl2N3O6/c1-3-35-18-8-5-16(6-9-18)25(33)36-21-11-4-15(12-22(21)34-2)14-28-30-24(32)23(31)29-20-13-17(26)7-10-19(20)27/h4-14H,3H2,1-2H3,(H,29,31)(H,30,32)/b28-14+. The van der Waals surface area contributed by atoms with Crippen molar-refractivity contribution in [1.82, 2.24) is 5.43 Å². The monoisotopic (exact) mass is 529 g/mol. The summed E-state index contributed by atoms with van der Waals surface area (Å²) in [5.74, 6) is -1.47. The average Bonchev–Trinajstić information content (AvgIpc) is 2.87. The molecule has 2 N–H and O–H groups in total. The van der Waals surface area contributed by atoms with E-state index in [1.54, 1.807) is 42.5 Å². The number of hydrogen-bond donors (Lipinski definition) is 2. The van der Waals surface area contributed by atoms with Crippen molar-refractivity contribution in [3.8, 4) is 17.2 Å². The molecule has 0 saturated heterocycles. The van der Waals surface area contributed by atoms with Crippen LogP contribution in [-0.2, 0) is 9.59 Å². The smallest absolute Gasteiger partial charge is 0.343 e. The number of nitrogens with zero attached hydrogens (tertiary/aromatic N) is 1. The number of nitrogens with one attached hydrogen (secondary N) is 2. The maximum absolute atomic E-state index is 12.5. The molecule has 9 nitrogen and oxygen atoms in total. The number of halogens is 2. The highest BCUT2D eigenvalue weighted by Crippen LogP contribution is 2.29. The number of carbonyl (C=O) groups excluding carboxylic acids is 3. The summed E-state index contributed by atoms with van der Waals surface area (Å²) in [5.41, 5.74) is 3.14. The van der Waals surface area contributed by atoms with E-state index < -0.39 is 17.8 Å². The van der Waals surface area contributed by atoms with Gasteiger partial charge in [-0.25, -0.2) is 10.2 Å². The summed E-state index contributed by atoms with van der Waals surface area (Å²) in [7, 11) is 1.41. The largest absolute Gasteiger partial charge is 0.494 e. The first-order valence-corrected chi connectivity index (χ1v) is 11.3. The van der Waals surface area contributed by atoms with E-state index in [0.717, 1.165) is 0 Å². The first-order valence-electron chi connectivity index (χ1n) is 10.5. The number of ether oxygens (including phenoxy) is 3. The molecule has 0 aliphatic heterocycles. The maximum Gasteiger partial charge on any atom is 0.343 e. The molecule has 0 aliphatic carbocycles. The fourth-order valence-electron chi connectivity index (χ4n) is 2.85. The second-order valence-corrected chi connectivity index (χ2v) is 7.88. The zero-order valence-corrected chi connectivity index (χ0v) is 20.7. The molecule has 3 rings (SSSR count). The normalized spacial score (nSPS) is 10.6. The molecule has 0 atom stereocenters. The quantitative estimate of drug-likeness (QED) is 0.143. The Balaban J connectivity index is 1.60. The van der Waals surface area contributed by atoms with E-state index in [4.69, 9.17) is 37.4 Å². The molecular weight excluding hydrogens is 509 g/mol. The van der Waals surface area contributed by atoms with Gasteiger partial charge in [-0.2, -0.15) is 5.10 Å².